The summed E-state index contributed by atoms with van der Waals surface area (Å²) in [6, 6.07) is 9.34. The summed E-state index contributed by atoms with van der Waals surface area (Å²) in [5.74, 6) is 1.25. The van der Waals surface area contributed by atoms with E-state index in [9.17, 15) is 9.59 Å². The second-order valence-electron chi connectivity index (χ2n) is 7.69. The minimum atomic E-state index is -0.270. The molecule has 3 heterocycles. The normalized spacial score (nSPS) is 16.0. The van der Waals surface area contributed by atoms with Crippen molar-refractivity contribution >= 4 is 34.2 Å². The fourth-order valence-electron chi connectivity index (χ4n) is 4.08. The summed E-state index contributed by atoms with van der Waals surface area (Å²) in [6.45, 7) is 2.58. The van der Waals surface area contributed by atoms with Crippen molar-refractivity contribution in [2.24, 2.45) is 4.99 Å². The van der Waals surface area contributed by atoms with Gasteiger partial charge in [-0.2, -0.15) is 0 Å². The lowest BCUT2D eigenvalue weighted by Crippen LogP contribution is -2.43. The third kappa shape index (κ3) is 3.34. The number of carbonyl (C=O) groups excluding carboxylic acids is 1. The van der Waals surface area contributed by atoms with Crippen LogP contribution in [0, 0.1) is 6.92 Å². The number of nitrogens with zero attached hydrogens (tertiary/aromatic N) is 3. The molecule has 33 heavy (non-hydrogen) atoms. The molecule has 0 bridgehead atoms. The van der Waals surface area contributed by atoms with Crippen molar-refractivity contribution in [1.29, 1.82) is 0 Å². The standard InChI is InChI=1S/C23H22N4O5S/c1-12-5-6-15-14(7-12)18(21(28)25-15)20-22(29)27-11-26(10-24-23(27)33-20)13-8-16(30-2)19(32-4)17(9-13)31-3/h5-9H,10-11H2,1-4H3,(H,25,28). The Bertz CT molecular complexity index is 1450. The predicted molar refractivity (Wildman–Crippen MR) is 125 cm³/mol. The molecule has 10 heteroatoms. The molecule has 2 aromatic carbocycles. The van der Waals surface area contributed by atoms with Gasteiger partial charge in [-0.05, 0) is 19.1 Å². The van der Waals surface area contributed by atoms with E-state index >= 15 is 0 Å². The van der Waals surface area contributed by atoms with Crippen molar-refractivity contribution in [3.05, 3.63) is 61.1 Å². The van der Waals surface area contributed by atoms with Crippen molar-refractivity contribution in [2.75, 3.05) is 38.2 Å². The second-order valence-corrected chi connectivity index (χ2v) is 8.67. The van der Waals surface area contributed by atoms with Crippen LogP contribution >= 0.6 is 11.3 Å². The maximum Gasteiger partial charge on any atom is 0.272 e. The minimum absolute atomic E-state index is 0.240. The first-order valence-corrected chi connectivity index (χ1v) is 11.0. The number of aromatic nitrogens is 1. The Morgan fingerprint density at radius 1 is 1.03 bits per heavy atom. The van der Waals surface area contributed by atoms with Crippen LogP contribution in [-0.4, -0.2) is 38.5 Å². The van der Waals surface area contributed by atoms with Gasteiger partial charge < -0.3 is 24.4 Å². The topological polar surface area (TPSA) is 94.4 Å². The summed E-state index contributed by atoms with van der Waals surface area (Å²) in [7, 11) is 4.66. The Labute approximate surface area is 193 Å². The molecule has 0 radical (unpaired) electrons. The van der Waals surface area contributed by atoms with Gasteiger partial charge >= 0.3 is 0 Å². The van der Waals surface area contributed by atoms with Crippen molar-refractivity contribution < 1.29 is 19.0 Å². The highest BCUT2D eigenvalue weighted by Crippen LogP contribution is 2.41. The van der Waals surface area contributed by atoms with Gasteiger partial charge in [0.05, 0.1) is 26.9 Å². The van der Waals surface area contributed by atoms with Crippen LogP contribution in [-0.2, 0) is 11.5 Å². The lowest BCUT2D eigenvalue weighted by Gasteiger charge is -2.27. The molecule has 0 unspecified atom stereocenters. The molecule has 0 spiro atoms. The number of methoxy groups -OCH3 is 3. The summed E-state index contributed by atoms with van der Waals surface area (Å²) in [4.78, 5) is 33.2. The molecule has 0 saturated heterocycles. The van der Waals surface area contributed by atoms with Crippen molar-refractivity contribution in [1.82, 2.24) is 4.57 Å². The van der Waals surface area contributed by atoms with Crippen LogP contribution in [0.5, 0.6) is 17.2 Å². The number of aryl methyl sites for hydroxylation is 1. The molecule has 0 fully saturated rings. The van der Waals surface area contributed by atoms with E-state index in [0.29, 0.717) is 44.5 Å². The van der Waals surface area contributed by atoms with Gasteiger partial charge in [0, 0.05) is 29.1 Å². The van der Waals surface area contributed by atoms with E-state index in [4.69, 9.17) is 14.2 Å². The zero-order valence-corrected chi connectivity index (χ0v) is 19.4. The van der Waals surface area contributed by atoms with Crippen molar-refractivity contribution in [3.8, 4) is 17.2 Å². The molecule has 9 nitrogen and oxygen atoms in total. The zero-order chi connectivity index (χ0) is 23.3. The van der Waals surface area contributed by atoms with Gasteiger partial charge in [0.25, 0.3) is 11.5 Å². The van der Waals surface area contributed by atoms with Gasteiger partial charge in [0.1, 0.15) is 17.9 Å². The van der Waals surface area contributed by atoms with Gasteiger partial charge in [-0.25, -0.2) is 4.99 Å². The first-order valence-electron chi connectivity index (χ1n) is 10.2. The number of fused-ring (bicyclic) bond motifs is 2. The number of benzene rings is 2. The Hall–Kier alpha value is -3.79. The Morgan fingerprint density at radius 3 is 2.42 bits per heavy atom. The highest BCUT2D eigenvalue weighted by molar-refractivity contribution is 7.07. The monoisotopic (exact) mass is 466 g/mol. The van der Waals surface area contributed by atoms with E-state index in [2.05, 4.69) is 10.3 Å². The average Bonchev–Trinajstić information content (AvgIpc) is 3.32. The number of carbonyl (C=O) groups is 1. The minimum Gasteiger partial charge on any atom is -0.493 e. The fraction of sp³-hybridized carbons (Fsp3) is 0.261. The molecule has 0 atom stereocenters. The molecule has 1 N–H and O–H groups in total. The molecule has 1 amide bonds. The number of rotatable bonds is 4. The van der Waals surface area contributed by atoms with E-state index in [-0.39, 0.29) is 18.1 Å². The first kappa shape index (κ1) is 21.1. The number of hydrogen-bond donors (Lipinski definition) is 1. The lowest BCUT2D eigenvalue weighted by molar-refractivity contribution is -0.110. The van der Waals surface area contributed by atoms with Gasteiger partial charge in [-0.15, -0.1) is 0 Å². The smallest absolute Gasteiger partial charge is 0.272 e. The van der Waals surface area contributed by atoms with Crippen LogP contribution in [0.2, 0.25) is 0 Å². The van der Waals surface area contributed by atoms with E-state index in [0.717, 1.165) is 16.8 Å². The lowest BCUT2D eigenvalue weighted by atomic mass is 10.1. The second kappa shape index (κ2) is 7.96. The van der Waals surface area contributed by atoms with Gasteiger partial charge in [-0.1, -0.05) is 23.0 Å². The number of anilines is 2. The van der Waals surface area contributed by atoms with Crippen LogP contribution < -0.4 is 39.3 Å². The summed E-state index contributed by atoms with van der Waals surface area (Å²) < 4.78 is 18.3. The number of thiazole rings is 1. The molecule has 3 aromatic rings. The van der Waals surface area contributed by atoms with Gasteiger partial charge in [0.2, 0.25) is 5.75 Å². The van der Waals surface area contributed by atoms with Crippen LogP contribution in [0.25, 0.3) is 5.57 Å². The summed E-state index contributed by atoms with van der Waals surface area (Å²) in [5, 5.41) is 2.85. The highest BCUT2D eigenvalue weighted by atomic mass is 32.1. The zero-order valence-electron chi connectivity index (χ0n) is 18.6. The molecular weight excluding hydrogens is 444 g/mol. The summed E-state index contributed by atoms with van der Waals surface area (Å²) >= 11 is 1.24. The average molecular weight is 467 g/mol. The number of ether oxygens (including phenoxy) is 3. The highest BCUT2D eigenvalue weighted by Gasteiger charge is 2.28. The Balaban J connectivity index is 1.60. The van der Waals surface area contributed by atoms with E-state index < -0.39 is 0 Å². The largest absolute Gasteiger partial charge is 0.493 e. The first-order chi connectivity index (χ1) is 15.9. The number of hydrogen-bond acceptors (Lipinski definition) is 8. The molecule has 5 rings (SSSR count). The van der Waals surface area contributed by atoms with Crippen LogP contribution in [0.15, 0.2) is 40.1 Å². The third-order valence-corrected chi connectivity index (χ3v) is 6.83. The Morgan fingerprint density at radius 2 is 1.76 bits per heavy atom. The van der Waals surface area contributed by atoms with E-state index in [1.807, 2.05) is 42.2 Å². The molecule has 0 aliphatic carbocycles. The predicted octanol–water partition coefficient (Wildman–Crippen LogP) is 1.45. The van der Waals surface area contributed by atoms with Crippen molar-refractivity contribution in [2.45, 2.75) is 13.6 Å². The maximum atomic E-state index is 13.4. The Kier molecular flexibility index (Phi) is 5.09. The molecule has 2 aliphatic rings. The molecule has 1 aromatic heterocycles. The van der Waals surface area contributed by atoms with E-state index in [1.165, 1.54) is 11.3 Å². The molecule has 2 aliphatic heterocycles. The summed E-state index contributed by atoms with van der Waals surface area (Å²) in [6.07, 6.45) is 0. The van der Waals surface area contributed by atoms with Crippen LogP contribution in [0.4, 0.5) is 11.4 Å². The maximum absolute atomic E-state index is 13.4. The van der Waals surface area contributed by atoms with Gasteiger partial charge in [-0.3, -0.25) is 14.2 Å². The fourth-order valence-corrected chi connectivity index (χ4v) is 5.14. The van der Waals surface area contributed by atoms with Crippen molar-refractivity contribution in [3.63, 3.8) is 0 Å². The SMILES string of the molecule is COc1cc(N2CN=c3sc(=C4C(=O)Nc5ccc(C)cc54)c(=O)n3C2)cc(OC)c1OC. The van der Waals surface area contributed by atoms with Crippen LogP contribution in [0.3, 0.4) is 0 Å². The quantitative estimate of drug-likeness (QED) is 0.626. The number of amides is 1. The van der Waals surface area contributed by atoms with Gasteiger partial charge in [0.15, 0.2) is 16.3 Å². The molecule has 170 valence electrons. The van der Waals surface area contributed by atoms with Crippen LogP contribution in [0.1, 0.15) is 11.1 Å². The number of nitrogens with one attached hydrogen (secondary N) is 1. The third-order valence-electron chi connectivity index (χ3n) is 5.71. The molecule has 0 saturated carbocycles. The van der Waals surface area contributed by atoms with E-state index in [1.54, 1.807) is 25.9 Å². The summed E-state index contributed by atoms with van der Waals surface area (Å²) in [5.41, 5.74) is 3.41. The molecular formula is C23H22N4O5S.